The Kier molecular flexibility index (Phi) is 5.52. The largest absolute Gasteiger partial charge is 0.389 e. The Balaban J connectivity index is 3.00. The molecule has 0 heterocycles. The van der Waals surface area contributed by atoms with E-state index >= 15 is 0 Å². The van der Waals surface area contributed by atoms with E-state index in [0.717, 1.165) is 0 Å². The molecule has 4 nitrogen and oxygen atoms in total. The second-order valence-electron chi connectivity index (χ2n) is 6.38. The average Bonchev–Trinajstić information content (AvgIpc) is 2.35. The summed E-state index contributed by atoms with van der Waals surface area (Å²) in [4.78, 5) is 0.269. The lowest BCUT2D eigenvalue weighted by Gasteiger charge is -2.34. The summed E-state index contributed by atoms with van der Waals surface area (Å²) < 4.78 is 26.5. The van der Waals surface area contributed by atoms with Gasteiger partial charge in [0.2, 0.25) is 10.0 Å². The number of benzene rings is 1. The smallest absolute Gasteiger partial charge is 0.218 e. The Morgan fingerprint density at radius 1 is 1.38 bits per heavy atom. The first-order chi connectivity index (χ1) is 9.45. The number of nitrogens with zero attached hydrogens (tertiary/aromatic N) is 1. The van der Waals surface area contributed by atoms with E-state index in [9.17, 15) is 8.42 Å². The quantitative estimate of drug-likeness (QED) is 0.844. The van der Waals surface area contributed by atoms with Crippen LogP contribution in [0.5, 0.6) is 0 Å². The topological polar surface area (TPSA) is 63.4 Å². The molecule has 0 amide bonds. The Morgan fingerprint density at radius 2 is 1.95 bits per heavy atom. The van der Waals surface area contributed by atoms with Gasteiger partial charge in [0, 0.05) is 18.7 Å². The summed E-state index contributed by atoms with van der Waals surface area (Å²) in [6.07, 6.45) is 0. The van der Waals surface area contributed by atoms with Gasteiger partial charge < -0.3 is 5.73 Å². The molecule has 0 aromatic heterocycles. The van der Waals surface area contributed by atoms with Crippen LogP contribution in [0.15, 0.2) is 24.3 Å². The van der Waals surface area contributed by atoms with E-state index in [1.165, 1.54) is 4.31 Å². The minimum Gasteiger partial charge on any atom is -0.389 e. The summed E-state index contributed by atoms with van der Waals surface area (Å²) in [5.41, 5.74) is 6.83. The van der Waals surface area contributed by atoms with E-state index in [0.29, 0.717) is 11.1 Å². The normalized spacial score (nSPS) is 14.2. The third kappa shape index (κ3) is 4.76. The van der Waals surface area contributed by atoms with E-state index in [4.69, 9.17) is 18.0 Å². The van der Waals surface area contributed by atoms with Gasteiger partial charge in [-0.3, -0.25) is 0 Å². The van der Waals surface area contributed by atoms with E-state index in [1.54, 1.807) is 31.3 Å². The van der Waals surface area contributed by atoms with Gasteiger partial charge in [-0.05, 0) is 24.0 Å². The molecule has 1 atom stereocenters. The number of hydrogen-bond donors (Lipinski definition) is 1. The molecule has 0 bridgehead atoms. The zero-order valence-electron chi connectivity index (χ0n) is 13.3. The third-order valence-corrected chi connectivity index (χ3v) is 5.93. The fourth-order valence-electron chi connectivity index (χ4n) is 1.91. The molecule has 6 heteroatoms. The monoisotopic (exact) mass is 328 g/mol. The van der Waals surface area contributed by atoms with Crippen LogP contribution in [0.25, 0.3) is 0 Å². The summed E-state index contributed by atoms with van der Waals surface area (Å²) in [5, 5.41) is 0. The van der Waals surface area contributed by atoms with Crippen LogP contribution in [0.1, 0.15) is 38.8 Å². The van der Waals surface area contributed by atoms with Crippen LogP contribution in [0.3, 0.4) is 0 Å². The maximum atomic E-state index is 12.5. The van der Waals surface area contributed by atoms with Crippen LogP contribution in [0.2, 0.25) is 0 Å². The predicted octanol–water partition coefficient (Wildman–Crippen LogP) is 2.52. The molecule has 1 aromatic rings. The van der Waals surface area contributed by atoms with Crippen molar-refractivity contribution in [2.75, 3.05) is 7.05 Å². The highest BCUT2D eigenvalue weighted by molar-refractivity contribution is 7.88. The maximum Gasteiger partial charge on any atom is 0.218 e. The molecule has 2 N–H and O–H groups in total. The molecule has 0 spiro atoms. The van der Waals surface area contributed by atoms with Gasteiger partial charge in [0.1, 0.15) is 4.99 Å². The van der Waals surface area contributed by atoms with E-state index in [2.05, 4.69) is 0 Å². The van der Waals surface area contributed by atoms with Crippen molar-refractivity contribution in [3.8, 4) is 0 Å². The van der Waals surface area contributed by atoms with Gasteiger partial charge in [-0.15, -0.1) is 0 Å². The highest BCUT2D eigenvalue weighted by Gasteiger charge is 2.31. The van der Waals surface area contributed by atoms with E-state index in [-0.39, 0.29) is 22.2 Å². The first-order valence-corrected chi connectivity index (χ1v) is 8.81. The molecule has 1 unspecified atom stereocenters. The van der Waals surface area contributed by atoms with Crippen molar-refractivity contribution >= 4 is 27.2 Å². The van der Waals surface area contributed by atoms with Crippen LogP contribution >= 0.6 is 12.2 Å². The minimum absolute atomic E-state index is 0.0552. The van der Waals surface area contributed by atoms with E-state index < -0.39 is 10.0 Å². The predicted molar refractivity (Wildman–Crippen MR) is 91.6 cm³/mol. The van der Waals surface area contributed by atoms with Crippen molar-refractivity contribution in [1.82, 2.24) is 4.31 Å². The minimum atomic E-state index is -3.39. The van der Waals surface area contributed by atoms with Crippen molar-refractivity contribution in [3.05, 3.63) is 35.4 Å². The SMILES string of the molecule is CC(N(C)S(=O)(=O)Cc1cccc(C(N)=S)c1)C(C)(C)C. The first kappa shape index (κ1) is 18.1. The summed E-state index contributed by atoms with van der Waals surface area (Å²) in [6, 6.07) is 6.96. The zero-order valence-corrected chi connectivity index (χ0v) is 14.9. The molecule has 0 fully saturated rings. The fraction of sp³-hybridized carbons (Fsp3) is 0.533. The molecule has 0 saturated carbocycles. The molecule has 0 aliphatic heterocycles. The Bertz CT molecular complexity index is 619. The molecule has 21 heavy (non-hydrogen) atoms. The number of hydrogen-bond acceptors (Lipinski definition) is 3. The molecular formula is C15H24N2O2S2. The fourth-order valence-corrected chi connectivity index (χ4v) is 3.64. The van der Waals surface area contributed by atoms with Gasteiger partial charge in [-0.2, -0.15) is 0 Å². The Hall–Kier alpha value is -0.980. The molecule has 0 saturated heterocycles. The number of sulfonamides is 1. The van der Waals surface area contributed by atoms with Crippen LogP contribution in [-0.4, -0.2) is 30.8 Å². The van der Waals surface area contributed by atoms with Gasteiger partial charge in [0.25, 0.3) is 0 Å². The first-order valence-electron chi connectivity index (χ1n) is 6.79. The highest BCUT2D eigenvalue weighted by Crippen LogP contribution is 2.26. The molecule has 0 radical (unpaired) electrons. The lowest BCUT2D eigenvalue weighted by Crippen LogP contribution is -2.43. The second-order valence-corrected chi connectivity index (χ2v) is 8.85. The van der Waals surface area contributed by atoms with Gasteiger partial charge in [-0.25, -0.2) is 12.7 Å². The summed E-state index contributed by atoms with van der Waals surface area (Å²) in [7, 11) is -1.76. The van der Waals surface area contributed by atoms with Gasteiger partial charge in [0.05, 0.1) is 5.75 Å². The molecule has 1 rings (SSSR count). The van der Waals surface area contributed by atoms with Crippen LogP contribution in [0.4, 0.5) is 0 Å². The van der Waals surface area contributed by atoms with Crippen LogP contribution in [-0.2, 0) is 15.8 Å². The van der Waals surface area contributed by atoms with Gasteiger partial charge in [-0.1, -0.05) is 51.2 Å². The maximum absolute atomic E-state index is 12.5. The van der Waals surface area contributed by atoms with Crippen molar-refractivity contribution in [3.63, 3.8) is 0 Å². The molecular weight excluding hydrogens is 304 g/mol. The van der Waals surface area contributed by atoms with E-state index in [1.807, 2.05) is 27.7 Å². The second kappa shape index (κ2) is 6.42. The summed E-state index contributed by atoms with van der Waals surface area (Å²) in [5.74, 6) is -0.0552. The number of rotatable bonds is 5. The van der Waals surface area contributed by atoms with Crippen molar-refractivity contribution in [2.24, 2.45) is 11.1 Å². The molecule has 118 valence electrons. The van der Waals surface area contributed by atoms with Crippen molar-refractivity contribution < 1.29 is 8.42 Å². The number of nitrogens with two attached hydrogens (primary N) is 1. The van der Waals surface area contributed by atoms with Crippen LogP contribution < -0.4 is 5.73 Å². The van der Waals surface area contributed by atoms with Crippen molar-refractivity contribution in [1.29, 1.82) is 0 Å². The summed E-state index contributed by atoms with van der Waals surface area (Å²) in [6.45, 7) is 7.99. The lowest BCUT2D eigenvalue weighted by atomic mass is 9.88. The molecule has 0 aliphatic rings. The highest BCUT2D eigenvalue weighted by atomic mass is 32.2. The number of thiocarbonyl (C=S) groups is 1. The lowest BCUT2D eigenvalue weighted by molar-refractivity contribution is 0.216. The van der Waals surface area contributed by atoms with Crippen molar-refractivity contribution in [2.45, 2.75) is 39.5 Å². The van der Waals surface area contributed by atoms with Gasteiger partial charge >= 0.3 is 0 Å². The standard InChI is InChI=1S/C15H24N2O2S2/c1-11(15(2,3)4)17(5)21(18,19)10-12-7-6-8-13(9-12)14(16)20/h6-9,11H,10H2,1-5H3,(H2,16,20). The Labute approximate surface area is 133 Å². The van der Waals surface area contributed by atoms with Crippen LogP contribution in [0, 0.1) is 5.41 Å². The zero-order chi connectivity index (χ0) is 16.4. The van der Waals surface area contributed by atoms with Gasteiger partial charge in [0.15, 0.2) is 0 Å². The third-order valence-electron chi connectivity index (χ3n) is 3.80. The molecule has 0 aliphatic carbocycles. The summed E-state index contributed by atoms with van der Waals surface area (Å²) >= 11 is 4.92. The molecule has 1 aromatic carbocycles. The Morgan fingerprint density at radius 3 is 2.43 bits per heavy atom. The average molecular weight is 329 g/mol.